The molecule has 1 aromatic rings. The van der Waals surface area contributed by atoms with Crippen molar-refractivity contribution in [2.45, 2.75) is 38.6 Å². The molecule has 1 aromatic carbocycles. The van der Waals surface area contributed by atoms with E-state index in [1.165, 1.54) is 12.8 Å². The number of anilines is 2. The van der Waals surface area contributed by atoms with Gasteiger partial charge in [0.2, 0.25) is 11.8 Å². The number of benzene rings is 1. The van der Waals surface area contributed by atoms with Crippen molar-refractivity contribution in [3.63, 3.8) is 0 Å². The molecule has 0 aromatic heterocycles. The molecule has 0 radical (unpaired) electrons. The monoisotopic (exact) mass is 393 g/mol. The lowest BCUT2D eigenvalue weighted by molar-refractivity contribution is -0.127. The minimum absolute atomic E-state index is 0.0445. The molecule has 2 aliphatic heterocycles. The molecule has 0 bridgehead atoms. The van der Waals surface area contributed by atoms with Gasteiger partial charge in [0.25, 0.3) is 0 Å². The number of amides is 2. The molecule has 3 rings (SSSR count). The predicted molar refractivity (Wildman–Crippen MR) is 106 cm³/mol. The molecule has 2 heterocycles. The van der Waals surface area contributed by atoms with E-state index < -0.39 is 21.7 Å². The second-order valence-electron chi connectivity index (χ2n) is 7.61. The lowest BCUT2D eigenvalue weighted by atomic mass is 9.99. The summed E-state index contributed by atoms with van der Waals surface area (Å²) in [7, 11) is -3.05. The maximum absolute atomic E-state index is 12.0. The van der Waals surface area contributed by atoms with Crippen LogP contribution in [0.1, 0.15) is 32.6 Å². The highest BCUT2D eigenvalue weighted by molar-refractivity contribution is 7.91. The molecule has 0 spiro atoms. The van der Waals surface area contributed by atoms with Crippen LogP contribution in [0.3, 0.4) is 0 Å². The van der Waals surface area contributed by atoms with Crippen molar-refractivity contribution < 1.29 is 18.0 Å². The van der Waals surface area contributed by atoms with Crippen molar-refractivity contribution in [1.82, 2.24) is 5.32 Å². The van der Waals surface area contributed by atoms with Crippen LogP contribution < -0.4 is 15.5 Å². The van der Waals surface area contributed by atoms with Gasteiger partial charge >= 0.3 is 0 Å². The van der Waals surface area contributed by atoms with E-state index in [4.69, 9.17) is 0 Å². The van der Waals surface area contributed by atoms with E-state index in [1.807, 2.05) is 24.3 Å². The van der Waals surface area contributed by atoms with Gasteiger partial charge < -0.3 is 15.5 Å². The normalized spacial score (nSPS) is 22.4. The van der Waals surface area contributed by atoms with E-state index in [9.17, 15) is 18.0 Å². The SMILES string of the molecule is CC1CCN(c2ccc(NC(=O)CC(=O)NC3CCS(=O)(=O)C3)cc2)CC1. The van der Waals surface area contributed by atoms with Gasteiger partial charge in [-0.15, -0.1) is 0 Å². The minimum atomic E-state index is -3.05. The molecule has 2 N–H and O–H groups in total. The smallest absolute Gasteiger partial charge is 0.233 e. The lowest BCUT2D eigenvalue weighted by Gasteiger charge is -2.32. The quantitative estimate of drug-likeness (QED) is 0.740. The fourth-order valence-electron chi connectivity index (χ4n) is 3.56. The molecule has 1 atom stereocenters. The molecule has 7 nitrogen and oxygen atoms in total. The minimum Gasteiger partial charge on any atom is -0.372 e. The van der Waals surface area contributed by atoms with Crippen LogP contribution in [0.25, 0.3) is 0 Å². The Morgan fingerprint density at radius 3 is 2.33 bits per heavy atom. The number of hydrogen-bond acceptors (Lipinski definition) is 5. The van der Waals surface area contributed by atoms with Gasteiger partial charge in [0.1, 0.15) is 6.42 Å². The van der Waals surface area contributed by atoms with Crippen LogP contribution >= 0.6 is 0 Å². The summed E-state index contributed by atoms with van der Waals surface area (Å²) in [6.45, 7) is 4.37. The third kappa shape index (κ3) is 5.69. The van der Waals surface area contributed by atoms with E-state index in [2.05, 4.69) is 22.5 Å². The first kappa shape index (κ1) is 19.7. The van der Waals surface area contributed by atoms with Gasteiger partial charge in [-0.25, -0.2) is 8.42 Å². The summed E-state index contributed by atoms with van der Waals surface area (Å²) in [4.78, 5) is 26.3. The molecular formula is C19H27N3O4S. The molecular weight excluding hydrogens is 366 g/mol. The van der Waals surface area contributed by atoms with Gasteiger partial charge in [-0.1, -0.05) is 6.92 Å². The molecule has 0 aliphatic carbocycles. The summed E-state index contributed by atoms with van der Waals surface area (Å²) >= 11 is 0. The number of carbonyl (C=O) groups is 2. The number of sulfone groups is 1. The highest BCUT2D eigenvalue weighted by atomic mass is 32.2. The Morgan fingerprint density at radius 1 is 1.07 bits per heavy atom. The molecule has 148 valence electrons. The number of carbonyl (C=O) groups excluding carboxylic acids is 2. The van der Waals surface area contributed by atoms with Crippen molar-refractivity contribution in [2.75, 3.05) is 34.8 Å². The Morgan fingerprint density at radius 2 is 1.74 bits per heavy atom. The summed E-state index contributed by atoms with van der Waals surface area (Å²) in [5.74, 6) is -0.0411. The van der Waals surface area contributed by atoms with Gasteiger partial charge in [0.15, 0.2) is 9.84 Å². The zero-order valence-corrected chi connectivity index (χ0v) is 16.4. The molecule has 0 saturated carbocycles. The average Bonchev–Trinajstić information content (AvgIpc) is 2.94. The van der Waals surface area contributed by atoms with E-state index in [0.29, 0.717) is 12.1 Å². The first-order valence-electron chi connectivity index (χ1n) is 9.45. The number of piperidine rings is 1. The Balaban J connectivity index is 1.45. The van der Waals surface area contributed by atoms with Crippen LogP contribution in [-0.4, -0.2) is 50.9 Å². The zero-order valence-electron chi connectivity index (χ0n) is 15.6. The van der Waals surface area contributed by atoms with E-state index in [0.717, 1.165) is 24.7 Å². The fraction of sp³-hybridized carbons (Fsp3) is 0.579. The van der Waals surface area contributed by atoms with Gasteiger partial charge in [0, 0.05) is 30.5 Å². The summed E-state index contributed by atoms with van der Waals surface area (Å²) < 4.78 is 22.8. The van der Waals surface area contributed by atoms with Gasteiger partial charge in [-0.2, -0.15) is 0 Å². The summed E-state index contributed by atoms with van der Waals surface area (Å²) in [6, 6.07) is 7.26. The Hall–Kier alpha value is -2.09. The lowest BCUT2D eigenvalue weighted by Crippen LogP contribution is -2.37. The van der Waals surface area contributed by atoms with E-state index in [1.54, 1.807) is 0 Å². The van der Waals surface area contributed by atoms with E-state index in [-0.39, 0.29) is 24.0 Å². The molecule has 2 aliphatic rings. The number of hydrogen-bond donors (Lipinski definition) is 2. The largest absolute Gasteiger partial charge is 0.372 e. The van der Waals surface area contributed by atoms with Crippen LogP contribution in [0, 0.1) is 5.92 Å². The second kappa shape index (κ2) is 8.29. The Kier molecular flexibility index (Phi) is 6.04. The van der Waals surface area contributed by atoms with Gasteiger partial charge in [-0.3, -0.25) is 9.59 Å². The number of nitrogens with one attached hydrogen (secondary N) is 2. The van der Waals surface area contributed by atoms with Crippen LogP contribution in [0.15, 0.2) is 24.3 Å². The van der Waals surface area contributed by atoms with Crippen LogP contribution in [0.5, 0.6) is 0 Å². The van der Waals surface area contributed by atoms with Crippen molar-refractivity contribution in [3.8, 4) is 0 Å². The predicted octanol–water partition coefficient (Wildman–Crippen LogP) is 1.55. The molecule has 8 heteroatoms. The Bertz CT molecular complexity index is 784. The summed E-state index contributed by atoms with van der Waals surface area (Å²) in [5.41, 5.74) is 1.78. The van der Waals surface area contributed by atoms with Crippen LogP contribution in [0.4, 0.5) is 11.4 Å². The highest BCUT2D eigenvalue weighted by Gasteiger charge is 2.29. The topological polar surface area (TPSA) is 95.6 Å². The van der Waals surface area contributed by atoms with Crippen LogP contribution in [0.2, 0.25) is 0 Å². The first-order chi connectivity index (χ1) is 12.8. The molecule has 2 fully saturated rings. The van der Waals surface area contributed by atoms with E-state index >= 15 is 0 Å². The Labute approximate surface area is 160 Å². The summed E-state index contributed by atoms with van der Waals surface area (Å²) in [5, 5.41) is 5.34. The molecule has 27 heavy (non-hydrogen) atoms. The first-order valence-corrected chi connectivity index (χ1v) is 11.3. The van der Waals surface area contributed by atoms with Gasteiger partial charge in [0.05, 0.1) is 11.5 Å². The van der Waals surface area contributed by atoms with Gasteiger partial charge in [-0.05, 0) is 49.4 Å². The fourth-order valence-corrected chi connectivity index (χ4v) is 5.23. The number of rotatable bonds is 5. The van der Waals surface area contributed by atoms with Crippen molar-refractivity contribution in [1.29, 1.82) is 0 Å². The van der Waals surface area contributed by atoms with Crippen molar-refractivity contribution in [3.05, 3.63) is 24.3 Å². The average molecular weight is 394 g/mol. The maximum atomic E-state index is 12.0. The third-order valence-corrected chi connectivity index (χ3v) is 6.99. The summed E-state index contributed by atoms with van der Waals surface area (Å²) in [6.07, 6.45) is 2.47. The van der Waals surface area contributed by atoms with Crippen molar-refractivity contribution >= 4 is 33.0 Å². The standard InChI is InChI=1S/C19H27N3O4S/c1-14-6-9-22(10-7-14)17-4-2-15(3-5-17)20-18(23)12-19(24)21-16-8-11-27(25,26)13-16/h2-5,14,16H,6-13H2,1H3,(H,20,23)(H,21,24). The molecule has 2 saturated heterocycles. The molecule has 1 unspecified atom stereocenters. The van der Waals surface area contributed by atoms with Crippen molar-refractivity contribution in [2.24, 2.45) is 5.92 Å². The molecule has 2 amide bonds. The third-order valence-electron chi connectivity index (χ3n) is 5.22. The second-order valence-corrected chi connectivity index (χ2v) is 9.84. The zero-order chi connectivity index (χ0) is 19.4. The maximum Gasteiger partial charge on any atom is 0.233 e. The highest BCUT2D eigenvalue weighted by Crippen LogP contribution is 2.24. The van der Waals surface area contributed by atoms with Crippen LogP contribution in [-0.2, 0) is 19.4 Å². The number of nitrogens with zero attached hydrogens (tertiary/aromatic N) is 1.